The van der Waals surface area contributed by atoms with E-state index in [1.165, 1.54) is 11.1 Å². The summed E-state index contributed by atoms with van der Waals surface area (Å²) >= 11 is 0. The van der Waals surface area contributed by atoms with Crippen LogP contribution in [-0.2, 0) is 13.0 Å². The monoisotopic (exact) mass is 356 g/mol. The second kappa shape index (κ2) is 7.91. The molecule has 1 aliphatic rings. The van der Waals surface area contributed by atoms with Crippen LogP contribution in [0.5, 0.6) is 5.75 Å². The minimum atomic E-state index is -0.0216. The lowest BCUT2D eigenvalue weighted by Crippen LogP contribution is -2.32. The number of ether oxygens (including phenoxy) is 1. The van der Waals surface area contributed by atoms with Crippen LogP contribution in [0.4, 0.5) is 11.6 Å². The number of methoxy groups -OCH3 is 1. The number of aryl methyl sites for hydroxylation is 1. The highest BCUT2D eigenvalue weighted by atomic mass is 16.5. The minimum Gasteiger partial charge on any atom is -0.497 e. The van der Waals surface area contributed by atoms with E-state index in [1.807, 2.05) is 19.1 Å². The lowest BCUT2D eigenvalue weighted by atomic mass is 9.99. The summed E-state index contributed by atoms with van der Waals surface area (Å²) in [6.07, 6.45) is 0.962. The van der Waals surface area contributed by atoms with Gasteiger partial charge in [-0.1, -0.05) is 19.9 Å². The van der Waals surface area contributed by atoms with Crippen molar-refractivity contribution in [1.82, 2.24) is 9.97 Å². The van der Waals surface area contributed by atoms with Gasteiger partial charge in [-0.3, -0.25) is 0 Å². The number of hydrogen-bond acceptors (Lipinski definition) is 6. The van der Waals surface area contributed by atoms with Crippen LogP contribution >= 0.6 is 0 Å². The highest BCUT2D eigenvalue weighted by Gasteiger charge is 2.20. The Hall–Kier alpha value is -2.34. The van der Waals surface area contributed by atoms with Gasteiger partial charge >= 0.3 is 0 Å². The first kappa shape index (κ1) is 18.5. The lowest BCUT2D eigenvalue weighted by molar-refractivity contribution is 0.249. The second-order valence-electron chi connectivity index (χ2n) is 7.14. The molecule has 2 heterocycles. The van der Waals surface area contributed by atoms with Gasteiger partial charge in [-0.25, -0.2) is 9.97 Å². The van der Waals surface area contributed by atoms with Crippen molar-refractivity contribution in [2.24, 2.45) is 5.92 Å². The Morgan fingerprint density at radius 2 is 2.04 bits per heavy atom. The fraction of sp³-hybridized carbons (Fsp3) is 0.500. The van der Waals surface area contributed by atoms with Gasteiger partial charge in [0, 0.05) is 19.2 Å². The number of fused-ring (bicyclic) bond motifs is 1. The zero-order chi connectivity index (χ0) is 18.7. The quantitative estimate of drug-likeness (QED) is 0.829. The molecule has 1 atom stereocenters. The average molecular weight is 356 g/mol. The fourth-order valence-electron chi connectivity index (χ4n) is 3.25. The molecule has 1 aromatic heterocycles. The number of anilines is 2. The third kappa shape index (κ3) is 4.07. The summed E-state index contributed by atoms with van der Waals surface area (Å²) in [6.45, 7) is 7.87. The maximum atomic E-state index is 9.57. The molecule has 2 N–H and O–H groups in total. The van der Waals surface area contributed by atoms with Gasteiger partial charge < -0.3 is 20.1 Å². The molecule has 140 valence electrons. The van der Waals surface area contributed by atoms with Gasteiger partial charge in [0.1, 0.15) is 23.2 Å². The number of nitrogens with zero attached hydrogens (tertiary/aromatic N) is 3. The highest BCUT2D eigenvalue weighted by molar-refractivity contribution is 5.52. The Balaban J connectivity index is 1.81. The van der Waals surface area contributed by atoms with Crippen molar-refractivity contribution >= 4 is 11.6 Å². The van der Waals surface area contributed by atoms with E-state index in [0.717, 1.165) is 42.7 Å². The normalized spacial score (nSPS) is 14.9. The third-order valence-corrected chi connectivity index (χ3v) is 4.91. The number of aliphatic hydroxyl groups excluding tert-OH is 1. The highest BCUT2D eigenvalue weighted by Crippen LogP contribution is 2.27. The largest absolute Gasteiger partial charge is 0.497 e. The van der Waals surface area contributed by atoms with Gasteiger partial charge in [0.15, 0.2) is 0 Å². The smallest absolute Gasteiger partial charge is 0.134 e. The van der Waals surface area contributed by atoms with Crippen LogP contribution in [0.15, 0.2) is 24.3 Å². The van der Waals surface area contributed by atoms with E-state index >= 15 is 0 Å². The molecule has 2 aromatic rings. The summed E-state index contributed by atoms with van der Waals surface area (Å²) in [4.78, 5) is 11.4. The van der Waals surface area contributed by atoms with Gasteiger partial charge in [-0.15, -0.1) is 0 Å². The molecule has 0 saturated carbocycles. The van der Waals surface area contributed by atoms with Crippen LogP contribution in [-0.4, -0.2) is 41.4 Å². The number of benzene rings is 1. The van der Waals surface area contributed by atoms with Crippen LogP contribution in [0.2, 0.25) is 0 Å². The Labute approximate surface area is 155 Å². The number of aromatic nitrogens is 2. The summed E-state index contributed by atoms with van der Waals surface area (Å²) in [6, 6.07) is 8.22. The first-order chi connectivity index (χ1) is 12.5. The van der Waals surface area contributed by atoms with E-state index in [1.54, 1.807) is 7.11 Å². The van der Waals surface area contributed by atoms with Gasteiger partial charge in [-0.2, -0.15) is 0 Å². The molecule has 6 nitrogen and oxygen atoms in total. The van der Waals surface area contributed by atoms with Crippen molar-refractivity contribution in [3.8, 4) is 5.75 Å². The molecular formula is C20H28N4O2. The van der Waals surface area contributed by atoms with Crippen molar-refractivity contribution < 1.29 is 9.84 Å². The predicted octanol–water partition coefficient (Wildman–Crippen LogP) is 2.79. The summed E-state index contributed by atoms with van der Waals surface area (Å²) in [5.41, 5.74) is 2.64. The molecule has 3 rings (SSSR count). The van der Waals surface area contributed by atoms with Crippen LogP contribution in [0.25, 0.3) is 0 Å². The van der Waals surface area contributed by atoms with Crippen LogP contribution < -0.4 is 15.0 Å². The molecule has 0 saturated heterocycles. The van der Waals surface area contributed by atoms with E-state index in [2.05, 4.69) is 46.2 Å². The van der Waals surface area contributed by atoms with Gasteiger partial charge in [0.05, 0.1) is 19.8 Å². The molecule has 0 unspecified atom stereocenters. The van der Waals surface area contributed by atoms with Crippen molar-refractivity contribution in [3.05, 3.63) is 41.2 Å². The molecular weight excluding hydrogens is 328 g/mol. The Bertz CT molecular complexity index is 763. The maximum Gasteiger partial charge on any atom is 0.134 e. The molecule has 26 heavy (non-hydrogen) atoms. The molecule has 0 spiro atoms. The topological polar surface area (TPSA) is 70.5 Å². The Kier molecular flexibility index (Phi) is 5.61. The van der Waals surface area contributed by atoms with E-state index < -0.39 is 0 Å². The molecule has 0 amide bonds. The summed E-state index contributed by atoms with van der Waals surface area (Å²) < 4.78 is 5.33. The predicted molar refractivity (Wildman–Crippen MR) is 104 cm³/mol. The summed E-state index contributed by atoms with van der Waals surface area (Å²) in [5, 5.41) is 12.9. The molecule has 1 aromatic carbocycles. The first-order valence-corrected chi connectivity index (χ1v) is 9.14. The average Bonchev–Trinajstić information content (AvgIpc) is 2.64. The first-order valence-electron chi connectivity index (χ1n) is 9.14. The van der Waals surface area contributed by atoms with Gasteiger partial charge in [-0.05, 0) is 42.5 Å². The van der Waals surface area contributed by atoms with Crippen LogP contribution in [0, 0.1) is 12.8 Å². The zero-order valence-electron chi connectivity index (χ0n) is 16.0. The molecule has 0 bridgehead atoms. The van der Waals surface area contributed by atoms with Crippen LogP contribution in [0.3, 0.4) is 0 Å². The number of rotatable bonds is 6. The van der Waals surface area contributed by atoms with Crippen molar-refractivity contribution in [1.29, 1.82) is 0 Å². The van der Waals surface area contributed by atoms with E-state index in [-0.39, 0.29) is 12.6 Å². The number of hydrogen-bond donors (Lipinski definition) is 2. The van der Waals surface area contributed by atoms with Crippen LogP contribution in [0.1, 0.15) is 30.8 Å². The maximum absolute atomic E-state index is 9.57. The van der Waals surface area contributed by atoms with E-state index in [9.17, 15) is 5.11 Å². The zero-order valence-corrected chi connectivity index (χ0v) is 16.0. The lowest BCUT2D eigenvalue weighted by Gasteiger charge is -2.30. The third-order valence-electron chi connectivity index (χ3n) is 4.91. The summed E-state index contributed by atoms with van der Waals surface area (Å²) in [5.74, 6) is 3.63. The second-order valence-corrected chi connectivity index (χ2v) is 7.14. The SMILES string of the molecule is COc1ccc2c(c1)CCN(c1cc(N[C@H](CO)C(C)C)nc(C)n1)C2. The minimum absolute atomic E-state index is 0.0216. The van der Waals surface area contributed by atoms with E-state index in [0.29, 0.717) is 5.92 Å². The fourth-order valence-corrected chi connectivity index (χ4v) is 3.25. The van der Waals surface area contributed by atoms with Gasteiger partial charge in [0.2, 0.25) is 0 Å². The molecule has 0 fully saturated rings. The van der Waals surface area contributed by atoms with Crippen molar-refractivity contribution in [2.75, 3.05) is 30.5 Å². The molecule has 0 aliphatic carbocycles. The van der Waals surface area contributed by atoms with E-state index in [4.69, 9.17) is 4.74 Å². The number of aliphatic hydroxyl groups is 1. The van der Waals surface area contributed by atoms with Gasteiger partial charge in [0.25, 0.3) is 0 Å². The van der Waals surface area contributed by atoms with Crippen molar-refractivity contribution in [2.45, 2.75) is 39.8 Å². The number of nitrogens with one attached hydrogen (secondary N) is 1. The molecule has 0 radical (unpaired) electrons. The Morgan fingerprint density at radius 3 is 2.73 bits per heavy atom. The van der Waals surface area contributed by atoms with Crippen molar-refractivity contribution in [3.63, 3.8) is 0 Å². The summed E-state index contributed by atoms with van der Waals surface area (Å²) in [7, 11) is 1.70. The molecule has 6 heteroatoms. The Morgan fingerprint density at radius 1 is 1.23 bits per heavy atom. The molecule has 1 aliphatic heterocycles. The standard InChI is InChI=1S/C20H28N4O2/c1-13(2)18(12-25)23-19-10-20(22-14(3)21-19)24-8-7-15-9-17(26-4)6-5-16(15)11-24/h5-6,9-10,13,18,25H,7-8,11-12H2,1-4H3,(H,21,22,23)/t18-/m1/s1.